The van der Waals surface area contributed by atoms with Crippen molar-refractivity contribution in [2.75, 3.05) is 26.4 Å². The highest BCUT2D eigenvalue weighted by atomic mass is 31.2. The van der Waals surface area contributed by atoms with Gasteiger partial charge >= 0.3 is 19.8 Å². The number of nitrogens with two attached hydrogens (primary N) is 1. The molecule has 0 bridgehead atoms. The Hall–Kier alpha value is -1.77. The topological polar surface area (TPSA) is 134 Å². The van der Waals surface area contributed by atoms with Gasteiger partial charge in [-0.2, -0.15) is 0 Å². The molecule has 0 aliphatic heterocycles. The normalized spacial score (nSPS) is 13.8. The van der Waals surface area contributed by atoms with E-state index in [9.17, 15) is 19.0 Å². The van der Waals surface area contributed by atoms with Crippen molar-refractivity contribution in [3.63, 3.8) is 0 Å². The lowest BCUT2D eigenvalue weighted by Crippen LogP contribution is -2.29. The van der Waals surface area contributed by atoms with Crippen molar-refractivity contribution in [2.24, 2.45) is 5.73 Å². The molecule has 0 fully saturated rings. The molecule has 0 aliphatic carbocycles. The van der Waals surface area contributed by atoms with Crippen LogP contribution in [0, 0.1) is 0 Å². The van der Waals surface area contributed by atoms with E-state index < -0.39 is 26.5 Å². The monoisotopic (exact) mass is 713 g/mol. The summed E-state index contributed by atoms with van der Waals surface area (Å²) in [5.74, 6) is -0.861. The van der Waals surface area contributed by atoms with E-state index in [2.05, 4.69) is 50.3 Å². The Bertz CT molecular complexity index is 907. The number of hydrogen-bond acceptors (Lipinski definition) is 8. The maximum absolute atomic E-state index is 12.5. The molecule has 2 atom stereocenters. The zero-order chi connectivity index (χ0) is 36.1. The first kappa shape index (κ1) is 47.2. The molecule has 0 rings (SSSR count). The van der Waals surface area contributed by atoms with E-state index in [1.165, 1.54) is 77.0 Å². The predicted octanol–water partition coefficient (Wildman–Crippen LogP) is 10.6. The number of phosphoric ester groups is 1. The van der Waals surface area contributed by atoms with Gasteiger partial charge in [0.15, 0.2) is 6.10 Å². The standard InChI is InChI=1S/C39H72NO8P/c1-3-5-7-9-11-13-15-17-18-20-21-23-25-27-29-31-38(41)45-35-37(36-47-49(43,44)46-34-33-40)48-39(42)32-30-28-26-24-22-19-16-14-12-10-8-6-4-2/h6,8,12,14,19,22,37H,3-5,7,9-11,13,15-18,20-21,23-36,40H2,1-2H3,(H,43,44)/b8-6-,14-12-,22-19-. The summed E-state index contributed by atoms with van der Waals surface area (Å²) < 4.78 is 32.6. The molecule has 3 N–H and O–H groups in total. The maximum atomic E-state index is 12.5. The van der Waals surface area contributed by atoms with Crippen LogP contribution in [0.15, 0.2) is 36.5 Å². The lowest BCUT2D eigenvalue weighted by Gasteiger charge is -2.19. The summed E-state index contributed by atoms with van der Waals surface area (Å²) in [4.78, 5) is 34.7. The second-order valence-corrected chi connectivity index (χ2v) is 14.2. The summed E-state index contributed by atoms with van der Waals surface area (Å²) in [6.45, 7) is 3.58. The molecule has 0 aromatic heterocycles. The van der Waals surface area contributed by atoms with Gasteiger partial charge in [0.25, 0.3) is 0 Å². The lowest BCUT2D eigenvalue weighted by atomic mass is 10.0. The summed E-state index contributed by atoms with van der Waals surface area (Å²) in [6, 6.07) is 0. The molecule has 0 saturated heterocycles. The zero-order valence-electron chi connectivity index (χ0n) is 31.2. The van der Waals surface area contributed by atoms with Crippen molar-refractivity contribution < 1.29 is 37.6 Å². The third kappa shape index (κ3) is 35.8. The number of allylic oxidation sites excluding steroid dienone is 6. The number of carbonyl (C=O) groups excluding carboxylic acids is 2. The van der Waals surface area contributed by atoms with Crippen LogP contribution in [0.2, 0.25) is 0 Å². The molecular weight excluding hydrogens is 641 g/mol. The van der Waals surface area contributed by atoms with Crippen LogP contribution in [0.1, 0.15) is 168 Å². The molecule has 0 spiro atoms. The van der Waals surface area contributed by atoms with Gasteiger partial charge < -0.3 is 20.1 Å². The average Bonchev–Trinajstić information content (AvgIpc) is 3.08. The van der Waals surface area contributed by atoms with Gasteiger partial charge in [-0.3, -0.25) is 18.6 Å². The summed E-state index contributed by atoms with van der Waals surface area (Å²) in [7, 11) is -4.38. The van der Waals surface area contributed by atoms with Crippen LogP contribution < -0.4 is 5.73 Å². The fourth-order valence-corrected chi connectivity index (χ4v) is 5.94. The van der Waals surface area contributed by atoms with Gasteiger partial charge in [-0.1, -0.05) is 147 Å². The highest BCUT2D eigenvalue weighted by Crippen LogP contribution is 2.43. The number of hydrogen-bond donors (Lipinski definition) is 2. The predicted molar refractivity (Wildman–Crippen MR) is 201 cm³/mol. The molecule has 2 unspecified atom stereocenters. The minimum absolute atomic E-state index is 0.0486. The van der Waals surface area contributed by atoms with E-state index in [1.54, 1.807) is 0 Å². The number of unbranched alkanes of at least 4 members (excludes halogenated alkanes) is 17. The molecular formula is C39H72NO8P. The maximum Gasteiger partial charge on any atom is 0.472 e. The minimum atomic E-state index is -4.38. The largest absolute Gasteiger partial charge is 0.472 e. The molecule has 0 radical (unpaired) electrons. The fourth-order valence-electron chi connectivity index (χ4n) is 5.18. The summed E-state index contributed by atoms with van der Waals surface area (Å²) in [5.41, 5.74) is 5.33. The summed E-state index contributed by atoms with van der Waals surface area (Å²) >= 11 is 0. The Labute approximate surface area is 299 Å². The van der Waals surface area contributed by atoms with Crippen LogP contribution in [-0.2, 0) is 32.7 Å². The van der Waals surface area contributed by atoms with E-state index in [0.717, 1.165) is 57.8 Å². The van der Waals surface area contributed by atoms with Crippen molar-refractivity contribution in [1.82, 2.24) is 0 Å². The van der Waals surface area contributed by atoms with Crippen molar-refractivity contribution in [1.29, 1.82) is 0 Å². The smallest absolute Gasteiger partial charge is 0.462 e. The Morgan fingerprint density at radius 1 is 0.633 bits per heavy atom. The number of esters is 2. The van der Waals surface area contributed by atoms with Crippen LogP contribution in [0.4, 0.5) is 0 Å². The molecule has 0 aromatic carbocycles. The number of phosphoric acid groups is 1. The quantitative estimate of drug-likeness (QED) is 0.0281. The summed E-state index contributed by atoms with van der Waals surface area (Å²) in [5, 5.41) is 0. The molecule has 286 valence electrons. The van der Waals surface area contributed by atoms with Crippen molar-refractivity contribution >= 4 is 19.8 Å². The zero-order valence-corrected chi connectivity index (χ0v) is 32.1. The SMILES string of the molecule is CC/C=C\C/C=C\C/C=C\CCCCCC(=O)OC(COC(=O)CCCCCCCCCCCCCCCCC)COP(=O)(O)OCCN. The van der Waals surface area contributed by atoms with E-state index >= 15 is 0 Å². The highest BCUT2D eigenvalue weighted by Gasteiger charge is 2.25. The van der Waals surface area contributed by atoms with E-state index in [4.69, 9.17) is 24.3 Å². The first-order chi connectivity index (χ1) is 23.8. The van der Waals surface area contributed by atoms with Crippen LogP contribution >= 0.6 is 7.82 Å². The Morgan fingerprint density at radius 2 is 1.12 bits per heavy atom. The Morgan fingerprint density at radius 3 is 1.67 bits per heavy atom. The van der Waals surface area contributed by atoms with Crippen LogP contribution in [0.5, 0.6) is 0 Å². The first-order valence-electron chi connectivity index (χ1n) is 19.5. The Kier molecular flexibility index (Phi) is 34.7. The van der Waals surface area contributed by atoms with Gasteiger partial charge in [0, 0.05) is 19.4 Å². The van der Waals surface area contributed by atoms with Gasteiger partial charge in [-0.25, -0.2) is 4.57 Å². The van der Waals surface area contributed by atoms with Crippen LogP contribution in [0.25, 0.3) is 0 Å². The first-order valence-corrected chi connectivity index (χ1v) is 21.0. The van der Waals surface area contributed by atoms with Gasteiger partial charge in [0.2, 0.25) is 0 Å². The van der Waals surface area contributed by atoms with Crippen molar-refractivity contribution in [3.8, 4) is 0 Å². The number of rotatable bonds is 36. The molecule has 9 nitrogen and oxygen atoms in total. The third-order valence-electron chi connectivity index (χ3n) is 8.04. The molecule has 49 heavy (non-hydrogen) atoms. The Balaban J connectivity index is 4.23. The molecule has 0 saturated carbocycles. The van der Waals surface area contributed by atoms with Crippen molar-refractivity contribution in [3.05, 3.63) is 36.5 Å². The van der Waals surface area contributed by atoms with Gasteiger partial charge in [0.05, 0.1) is 13.2 Å². The average molecular weight is 714 g/mol. The molecule has 0 heterocycles. The third-order valence-corrected chi connectivity index (χ3v) is 9.02. The minimum Gasteiger partial charge on any atom is -0.462 e. The van der Waals surface area contributed by atoms with Crippen LogP contribution in [0.3, 0.4) is 0 Å². The van der Waals surface area contributed by atoms with E-state index in [1.807, 2.05) is 0 Å². The molecule has 0 amide bonds. The molecule has 10 heteroatoms. The van der Waals surface area contributed by atoms with Gasteiger partial charge in [-0.05, 0) is 44.9 Å². The molecule has 0 aliphatic rings. The second kappa shape index (κ2) is 36.0. The van der Waals surface area contributed by atoms with Crippen LogP contribution in [-0.4, -0.2) is 49.3 Å². The second-order valence-electron chi connectivity index (χ2n) is 12.8. The van der Waals surface area contributed by atoms with Crippen molar-refractivity contribution in [2.45, 2.75) is 174 Å². The van der Waals surface area contributed by atoms with E-state index in [-0.39, 0.29) is 38.6 Å². The number of carbonyl (C=O) groups is 2. The summed E-state index contributed by atoms with van der Waals surface area (Å²) in [6.07, 6.45) is 37.5. The molecule has 0 aromatic rings. The van der Waals surface area contributed by atoms with Gasteiger partial charge in [0.1, 0.15) is 6.61 Å². The highest BCUT2D eigenvalue weighted by molar-refractivity contribution is 7.47. The lowest BCUT2D eigenvalue weighted by molar-refractivity contribution is -0.161. The fraction of sp³-hybridized carbons (Fsp3) is 0.795. The number of ether oxygens (including phenoxy) is 2. The van der Waals surface area contributed by atoms with E-state index in [0.29, 0.717) is 6.42 Å². The van der Waals surface area contributed by atoms with Gasteiger partial charge in [-0.15, -0.1) is 0 Å².